The SMILES string of the molecule is Cn1c2c(c3nccnc31)CC1(CC1)NC2. The molecular formula is C12H14N4. The van der Waals surface area contributed by atoms with Crippen molar-refractivity contribution in [3.05, 3.63) is 23.7 Å². The molecule has 0 atom stereocenters. The molecule has 4 heteroatoms. The molecule has 0 radical (unpaired) electrons. The number of aryl methyl sites for hydroxylation is 1. The minimum absolute atomic E-state index is 0.402. The second-order valence-corrected chi connectivity index (χ2v) is 5.02. The number of rotatable bonds is 0. The van der Waals surface area contributed by atoms with Crippen molar-refractivity contribution >= 4 is 11.2 Å². The maximum Gasteiger partial charge on any atom is 0.158 e. The highest BCUT2D eigenvalue weighted by Crippen LogP contribution is 2.43. The average molecular weight is 214 g/mol. The van der Waals surface area contributed by atoms with E-state index in [0.717, 1.165) is 24.1 Å². The summed E-state index contributed by atoms with van der Waals surface area (Å²) in [5.41, 5.74) is 5.30. The molecule has 0 unspecified atom stereocenters. The minimum atomic E-state index is 0.402. The Morgan fingerprint density at radius 3 is 2.94 bits per heavy atom. The fourth-order valence-electron chi connectivity index (χ4n) is 2.84. The van der Waals surface area contributed by atoms with Crippen molar-refractivity contribution in [1.82, 2.24) is 19.9 Å². The van der Waals surface area contributed by atoms with Crippen molar-refractivity contribution in [2.75, 3.05) is 0 Å². The fraction of sp³-hybridized carbons (Fsp3) is 0.500. The van der Waals surface area contributed by atoms with Gasteiger partial charge >= 0.3 is 0 Å². The van der Waals surface area contributed by atoms with E-state index < -0.39 is 0 Å². The second kappa shape index (κ2) is 2.63. The number of hydrogen-bond acceptors (Lipinski definition) is 3. The fourth-order valence-corrected chi connectivity index (χ4v) is 2.84. The van der Waals surface area contributed by atoms with Crippen molar-refractivity contribution in [2.24, 2.45) is 7.05 Å². The van der Waals surface area contributed by atoms with Crippen molar-refractivity contribution < 1.29 is 0 Å². The molecule has 82 valence electrons. The van der Waals surface area contributed by atoms with Gasteiger partial charge in [0.1, 0.15) is 5.52 Å². The molecule has 1 aliphatic heterocycles. The van der Waals surface area contributed by atoms with Crippen LogP contribution in [0.2, 0.25) is 0 Å². The molecule has 1 saturated carbocycles. The molecule has 0 bridgehead atoms. The zero-order valence-corrected chi connectivity index (χ0v) is 9.32. The maximum absolute atomic E-state index is 4.50. The van der Waals surface area contributed by atoms with E-state index in [9.17, 15) is 0 Å². The molecule has 16 heavy (non-hydrogen) atoms. The van der Waals surface area contributed by atoms with Gasteiger partial charge in [-0.25, -0.2) is 4.98 Å². The lowest BCUT2D eigenvalue weighted by atomic mass is 9.99. The summed E-state index contributed by atoms with van der Waals surface area (Å²) in [5.74, 6) is 0. The highest BCUT2D eigenvalue weighted by atomic mass is 15.1. The predicted molar refractivity (Wildman–Crippen MR) is 61.0 cm³/mol. The van der Waals surface area contributed by atoms with Gasteiger partial charge in [-0.05, 0) is 19.3 Å². The molecule has 1 fully saturated rings. The summed E-state index contributed by atoms with van der Waals surface area (Å²) < 4.78 is 2.18. The third-order valence-corrected chi connectivity index (χ3v) is 4.04. The van der Waals surface area contributed by atoms with Crippen LogP contribution in [0.15, 0.2) is 12.4 Å². The highest BCUT2D eigenvalue weighted by Gasteiger charge is 2.46. The Morgan fingerprint density at radius 1 is 1.31 bits per heavy atom. The first-order chi connectivity index (χ1) is 7.79. The van der Waals surface area contributed by atoms with Gasteiger partial charge in [-0.15, -0.1) is 0 Å². The van der Waals surface area contributed by atoms with E-state index >= 15 is 0 Å². The first kappa shape index (κ1) is 8.70. The molecule has 2 aromatic rings. The average Bonchev–Trinajstić information content (AvgIpc) is 3.01. The molecule has 2 aliphatic rings. The second-order valence-electron chi connectivity index (χ2n) is 5.02. The van der Waals surface area contributed by atoms with Crippen molar-refractivity contribution in [1.29, 1.82) is 0 Å². The molecule has 0 saturated heterocycles. The van der Waals surface area contributed by atoms with Crippen molar-refractivity contribution in [3.8, 4) is 0 Å². The van der Waals surface area contributed by atoms with E-state index in [-0.39, 0.29) is 0 Å². The Labute approximate surface area is 93.7 Å². The van der Waals surface area contributed by atoms with E-state index in [1.165, 1.54) is 24.1 Å². The van der Waals surface area contributed by atoms with Gasteiger partial charge in [0, 0.05) is 42.8 Å². The van der Waals surface area contributed by atoms with Crippen LogP contribution in [0.4, 0.5) is 0 Å². The van der Waals surface area contributed by atoms with Gasteiger partial charge in [0.2, 0.25) is 0 Å². The van der Waals surface area contributed by atoms with Gasteiger partial charge in [-0.2, -0.15) is 0 Å². The normalized spacial score (nSPS) is 21.3. The number of aromatic nitrogens is 3. The van der Waals surface area contributed by atoms with Crippen molar-refractivity contribution in [3.63, 3.8) is 0 Å². The minimum Gasteiger partial charge on any atom is -0.330 e. The van der Waals surface area contributed by atoms with Crippen molar-refractivity contribution in [2.45, 2.75) is 31.3 Å². The van der Waals surface area contributed by atoms with E-state index in [0.29, 0.717) is 5.54 Å². The van der Waals surface area contributed by atoms with Crippen LogP contribution in [0, 0.1) is 0 Å². The molecule has 3 heterocycles. The molecule has 0 amide bonds. The summed E-state index contributed by atoms with van der Waals surface area (Å²) in [7, 11) is 2.09. The van der Waals surface area contributed by atoms with Crippen LogP contribution in [0.3, 0.4) is 0 Å². The number of fused-ring (bicyclic) bond motifs is 3. The van der Waals surface area contributed by atoms with Gasteiger partial charge in [0.05, 0.1) is 0 Å². The summed E-state index contributed by atoms with van der Waals surface area (Å²) in [6, 6.07) is 0. The lowest BCUT2D eigenvalue weighted by molar-refractivity contribution is 0.454. The summed E-state index contributed by atoms with van der Waals surface area (Å²) in [6.07, 6.45) is 7.31. The van der Waals surface area contributed by atoms with Gasteiger partial charge in [0.15, 0.2) is 5.65 Å². The Morgan fingerprint density at radius 2 is 2.12 bits per heavy atom. The number of nitrogens with zero attached hydrogens (tertiary/aromatic N) is 3. The number of nitrogens with one attached hydrogen (secondary N) is 1. The molecule has 1 N–H and O–H groups in total. The third kappa shape index (κ3) is 0.976. The molecule has 4 rings (SSSR count). The lowest BCUT2D eigenvalue weighted by Gasteiger charge is -2.24. The van der Waals surface area contributed by atoms with Crippen LogP contribution in [0.1, 0.15) is 24.1 Å². The van der Waals surface area contributed by atoms with Crippen LogP contribution in [0.25, 0.3) is 11.2 Å². The summed E-state index contributed by atoms with van der Waals surface area (Å²) in [5, 5.41) is 3.65. The largest absolute Gasteiger partial charge is 0.330 e. The zero-order valence-electron chi connectivity index (χ0n) is 9.32. The first-order valence-electron chi connectivity index (χ1n) is 5.81. The molecule has 1 aliphatic carbocycles. The van der Waals surface area contributed by atoms with Gasteiger partial charge in [0.25, 0.3) is 0 Å². The predicted octanol–water partition coefficient (Wildman–Crippen LogP) is 1.15. The molecular weight excluding hydrogens is 200 g/mol. The topological polar surface area (TPSA) is 42.7 Å². The molecule has 0 aromatic carbocycles. The molecule has 1 spiro atoms. The monoisotopic (exact) mass is 214 g/mol. The summed E-state index contributed by atoms with van der Waals surface area (Å²) in [4.78, 5) is 8.92. The van der Waals surface area contributed by atoms with E-state index in [4.69, 9.17) is 0 Å². The standard InChI is InChI=1S/C12H14N4/c1-16-9-7-15-12(2-3-12)6-8(9)10-11(16)14-5-4-13-10/h4-5,15H,2-3,6-7H2,1H3. The first-order valence-corrected chi connectivity index (χ1v) is 5.81. The van der Waals surface area contributed by atoms with Gasteiger partial charge in [-0.3, -0.25) is 4.98 Å². The smallest absolute Gasteiger partial charge is 0.158 e. The number of hydrogen-bond donors (Lipinski definition) is 1. The Hall–Kier alpha value is -1.42. The van der Waals surface area contributed by atoms with E-state index in [1.807, 2.05) is 0 Å². The molecule has 2 aromatic heterocycles. The Bertz CT molecular complexity index is 580. The van der Waals surface area contributed by atoms with Crippen LogP contribution < -0.4 is 5.32 Å². The lowest BCUT2D eigenvalue weighted by Crippen LogP contribution is -2.38. The summed E-state index contributed by atoms with van der Waals surface area (Å²) >= 11 is 0. The van der Waals surface area contributed by atoms with Crippen LogP contribution in [-0.2, 0) is 20.0 Å². The van der Waals surface area contributed by atoms with Gasteiger partial charge < -0.3 is 9.88 Å². The van der Waals surface area contributed by atoms with Gasteiger partial charge in [-0.1, -0.05) is 0 Å². The Kier molecular flexibility index (Phi) is 1.43. The maximum atomic E-state index is 4.50. The quantitative estimate of drug-likeness (QED) is 0.715. The third-order valence-electron chi connectivity index (χ3n) is 4.04. The highest BCUT2D eigenvalue weighted by molar-refractivity contribution is 5.78. The van der Waals surface area contributed by atoms with E-state index in [2.05, 4.69) is 26.9 Å². The van der Waals surface area contributed by atoms with Crippen LogP contribution in [-0.4, -0.2) is 20.1 Å². The molecule has 4 nitrogen and oxygen atoms in total. The van der Waals surface area contributed by atoms with Crippen LogP contribution in [0.5, 0.6) is 0 Å². The summed E-state index contributed by atoms with van der Waals surface area (Å²) in [6.45, 7) is 0.962. The van der Waals surface area contributed by atoms with Crippen LogP contribution >= 0.6 is 0 Å². The van der Waals surface area contributed by atoms with E-state index in [1.54, 1.807) is 12.4 Å². The Balaban J connectivity index is 2.01. The zero-order chi connectivity index (χ0) is 10.8.